The molecule has 2 aliphatic carbocycles. The lowest BCUT2D eigenvalue weighted by Gasteiger charge is -2.18. The summed E-state index contributed by atoms with van der Waals surface area (Å²) in [5, 5.41) is 3.71. The summed E-state index contributed by atoms with van der Waals surface area (Å²) >= 11 is 0. The van der Waals surface area contributed by atoms with Gasteiger partial charge in [0.2, 0.25) is 0 Å². The highest BCUT2D eigenvalue weighted by Gasteiger charge is 2.24. The first kappa shape index (κ1) is 31.2. The first-order chi connectivity index (χ1) is 24.1. The van der Waals surface area contributed by atoms with E-state index in [9.17, 15) is 0 Å². The molecule has 244 valence electrons. The molecular weight excluding hydrogens is 599 g/mol. The number of benzene rings is 5. The summed E-state index contributed by atoms with van der Waals surface area (Å²) in [4.78, 5) is 0. The Balaban J connectivity index is 0.000000152. The van der Waals surface area contributed by atoms with Gasteiger partial charge >= 0.3 is 0 Å². The van der Waals surface area contributed by atoms with E-state index in [4.69, 9.17) is 14.6 Å². The van der Waals surface area contributed by atoms with Crippen molar-refractivity contribution in [3.05, 3.63) is 167 Å². The van der Waals surface area contributed by atoms with Crippen LogP contribution in [-0.4, -0.2) is 6.54 Å². The lowest BCUT2D eigenvalue weighted by molar-refractivity contribution is 0.480. The van der Waals surface area contributed by atoms with Crippen molar-refractivity contribution >= 4 is 32.9 Å². The molecule has 3 heteroatoms. The quantitative estimate of drug-likeness (QED) is 0.203. The third kappa shape index (κ3) is 6.16. The maximum absolute atomic E-state index is 6.17. The molecule has 0 spiro atoms. The van der Waals surface area contributed by atoms with Crippen molar-refractivity contribution in [2.45, 2.75) is 57.3 Å². The maximum Gasteiger partial charge on any atom is 0.135 e. The van der Waals surface area contributed by atoms with Crippen molar-refractivity contribution in [1.82, 2.24) is 0 Å². The van der Waals surface area contributed by atoms with Gasteiger partial charge in [0.25, 0.3) is 0 Å². The fourth-order valence-corrected chi connectivity index (χ4v) is 7.92. The molecule has 3 unspecified atom stereocenters. The Morgan fingerprint density at radius 3 is 2.33 bits per heavy atom. The largest absolute Gasteiger partial charge is 0.461 e. The molecule has 2 N–H and O–H groups in total. The molecule has 0 bridgehead atoms. The summed E-state index contributed by atoms with van der Waals surface area (Å²) in [6.45, 7) is 5.08. The topological polar surface area (TPSA) is 52.3 Å². The van der Waals surface area contributed by atoms with Crippen LogP contribution in [0.1, 0.15) is 78.9 Å². The zero-order chi connectivity index (χ0) is 33.3. The van der Waals surface area contributed by atoms with Crippen molar-refractivity contribution in [2.75, 3.05) is 6.54 Å². The first-order valence-electron chi connectivity index (χ1n) is 17.7. The molecule has 0 fully saturated rings. The number of aryl methyl sites for hydroxylation is 1. The minimum absolute atomic E-state index is 0.210. The van der Waals surface area contributed by atoms with Gasteiger partial charge in [-0.05, 0) is 90.3 Å². The lowest BCUT2D eigenvalue weighted by Crippen LogP contribution is -2.13. The van der Waals surface area contributed by atoms with E-state index in [0.29, 0.717) is 18.4 Å². The van der Waals surface area contributed by atoms with Crippen LogP contribution in [0.2, 0.25) is 0 Å². The summed E-state index contributed by atoms with van der Waals surface area (Å²) in [5.41, 5.74) is 18.3. The van der Waals surface area contributed by atoms with Gasteiger partial charge in [-0.25, -0.2) is 0 Å². The Morgan fingerprint density at radius 1 is 0.714 bits per heavy atom. The minimum Gasteiger partial charge on any atom is -0.461 e. The van der Waals surface area contributed by atoms with Gasteiger partial charge in [-0.2, -0.15) is 0 Å². The summed E-state index contributed by atoms with van der Waals surface area (Å²) in [6.07, 6.45) is 11.4. The second-order valence-corrected chi connectivity index (χ2v) is 13.8. The summed E-state index contributed by atoms with van der Waals surface area (Å²) in [6, 6.07) is 40.8. The van der Waals surface area contributed by atoms with Crippen molar-refractivity contribution in [2.24, 2.45) is 5.73 Å². The van der Waals surface area contributed by atoms with Crippen molar-refractivity contribution in [3.63, 3.8) is 0 Å². The highest BCUT2D eigenvalue weighted by Crippen LogP contribution is 2.41. The van der Waals surface area contributed by atoms with Gasteiger partial charge < -0.3 is 14.6 Å². The number of para-hydroxylation sites is 1. The van der Waals surface area contributed by atoms with E-state index in [2.05, 4.69) is 135 Å². The zero-order valence-electron chi connectivity index (χ0n) is 28.4. The predicted molar refractivity (Wildman–Crippen MR) is 204 cm³/mol. The van der Waals surface area contributed by atoms with E-state index in [1.54, 1.807) is 0 Å². The average molecular weight is 642 g/mol. The van der Waals surface area contributed by atoms with Gasteiger partial charge in [0.05, 0.1) is 0 Å². The number of hydrogen-bond acceptors (Lipinski definition) is 3. The predicted octanol–water partition coefficient (Wildman–Crippen LogP) is 12.2. The van der Waals surface area contributed by atoms with Crippen molar-refractivity contribution in [3.8, 4) is 11.1 Å². The van der Waals surface area contributed by atoms with Crippen LogP contribution < -0.4 is 5.73 Å². The molecule has 2 aromatic heterocycles. The van der Waals surface area contributed by atoms with E-state index in [0.717, 1.165) is 29.6 Å². The van der Waals surface area contributed by atoms with Crippen molar-refractivity contribution in [1.29, 1.82) is 0 Å². The van der Waals surface area contributed by atoms with E-state index in [-0.39, 0.29) is 5.92 Å². The Morgan fingerprint density at radius 2 is 1.47 bits per heavy atom. The van der Waals surface area contributed by atoms with E-state index in [1.165, 1.54) is 73.7 Å². The number of nitrogens with two attached hydrogens (primary N) is 1. The van der Waals surface area contributed by atoms with Gasteiger partial charge in [-0.15, -0.1) is 0 Å². The van der Waals surface area contributed by atoms with Gasteiger partial charge in [0.15, 0.2) is 0 Å². The summed E-state index contributed by atoms with van der Waals surface area (Å²) < 4.78 is 12.1. The van der Waals surface area contributed by atoms with Crippen LogP contribution >= 0.6 is 0 Å². The molecule has 7 aromatic rings. The molecule has 0 saturated carbocycles. The third-order valence-corrected chi connectivity index (χ3v) is 10.5. The third-order valence-electron chi connectivity index (χ3n) is 10.5. The first-order valence-corrected chi connectivity index (χ1v) is 17.7. The van der Waals surface area contributed by atoms with Crippen LogP contribution in [0, 0.1) is 0 Å². The molecule has 2 heterocycles. The number of rotatable bonds is 5. The molecule has 5 aromatic carbocycles. The molecule has 0 aliphatic heterocycles. The van der Waals surface area contributed by atoms with Gasteiger partial charge in [0.1, 0.15) is 22.5 Å². The normalized spacial score (nSPS) is 17.8. The molecule has 49 heavy (non-hydrogen) atoms. The number of allylic oxidation sites excluding steroid dienone is 4. The van der Waals surface area contributed by atoms with Gasteiger partial charge in [0, 0.05) is 46.5 Å². The molecule has 3 atom stereocenters. The fourth-order valence-electron chi connectivity index (χ4n) is 7.92. The van der Waals surface area contributed by atoms with Crippen LogP contribution in [0.3, 0.4) is 0 Å². The van der Waals surface area contributed by atoms with Crippen LogP contribution in [0.4, 0.5) is 0 Å². The second kappa shape index (κ2) is 13.4. The smallest absolute Gasteiger partial charge is 0.135 e. The average Bonchev–Trinajstić information content (AvgIpc) is 3.71. The Kier molecular flexibility index (Phi) is 8.53. The highest BCUT2D eigenvalue weighted by molar-refractivity contribution is 6.05. The van der Waals surface area contributed by atoms with E-state index < -0.39 is 0 Å². The Hall–Kier alpha value is -5.12. The summed E-state index contributed by atoms with van der Waals surface area (Å²) in [7, 11) is 0. The zero-order valence-corrected chi connectivity index (χ0v) is 28.4. The Labute approximate surface area is 288 Å². The number of fused-ring (bicyclic) bond motifs is 6. The molecule has 9 rings (SSSR count). The minimum atomic E-state index is 0.210. The molecule has 3 nitrogen and oxygen atoms in total. The van der Waals surface area contributed by atoms with Gasteiger partial charge in [-0.1, -0.05) is 116 Å². The van der Waals surface area contributed by atoms with Gasteiger partial charge in [-0.3, -0.25) is 0 Å². The van der Waals surface area contributed by atoms with Crippen LogP contribution in [0.15, 0.2) is 148 Å². The maximum atomic E-state index is 6.17. The molecule has 0 radical (unpaired) electrons. The monoisotopic (exact) mass is 641 g/mol. The molecule has 2 aliphatic rings. The Bertz CT molecular complexity index is 2320. The number of furan rings is 2. The fraction of sp³-hybridized carbons (Fsp3) is 0.217. The SMILES string of the molecule is CC1=CC(c2ccc3oc4ccccc4c3c2)CC=C1.CC1CCCc2oc3ccc(-c4cccc(C(CN)c5ccccc5)c4)cc3c21. The highest BCUT2D eigenvalue weighted by atomic mass is 16.3. The van der Waals surface area contributed by atoms with E-state index in [1.807, 2.05) is 12.1 Å². The van der Waals surface area contributed by atoms with E-state index >= 15 is 0 Å². The lowest BCUT2D eigenvalue weighted by atomic mass is 9.86. The molecular formula is C46H43NO2. The molecule has 0 amide bonds. The van der Waals surface area contributed by atoms with Crippen molar-refractivity contribution < 1.29 is 8.83 Å². The number of hydrogen-bond donors (Lipinski definition) is 1. The second-order valence-electron chi connectivity index (χ2n) is 13.8. The van der Waals surface area contributed by atoms with Crippen LogP contribution in [-0.2, 0) is 6.42 Å². The standard InChI is InChI=1S/C27H27NO.C19H16O/c1-18-7-5-12-26-27(18)23-16-21(13-14-25(23)29-26)20-10-6-11-22(15-20)24(17-28)19-8-3-2-4-9-19;1-13-5-4-6-14(11-13)15-9-10-19-17(12-15)16-7-2-3-8-18(16)20-19/h2-4,6,8-11,13-16,18,24H,5,7,12,17,28H2,1H3;2-5,7-12,14H,6H2,1H3. The summed E-state index contributed by atoms with van der Waals surface area (Å²) in [5.74, 6) is 2.46. The molecule has 0 saturated heterocycles. The van der Waals surface area contributed by atoms with Crippen LogP contribution in [0.25, 0.3) is 44.0 Å². The van der Waals surface area contributed by atoms with Crippen LogP contribution in [0.5, 0.6) is 0 Å².